The van der Waals surface area contributed by atoms with Gasteiger partial charge >= 0.3 is 0 Å². The van der Waals surface area contributed by atoms with Crippen molar-refractivity contribution in [2.45, 2.75) is 6.42 Å². The molecule has 0 aliphatic carbocycles. The second-order valence-corrected chi connectivity index (χ2v) is 5.36. The summed E-state index contributed by atoms with van der Waals surface area (Å²) in [5, 5.41) is 0.741. The lowest BCUT2D eigenvalue weighted by Crippen LogP contribution is -2.33. The van der Waals surface area contributed by atoms with Crippen LogP contribution in [-0.2, 0) is 4.84 Å². The minimum absolute atomic E-state index is 0.417. The highest BCUT2D eigenvalue weighted by molar-refractivity contribution is 5.91. The number of hydrogen-bond donors (Lipinski definition) is 2. The molecular weight excluding hydrogens is 310 g/mol. The molecule has 3 N–H and O–H groups in total. The highest BCUT2D eigenvalue weighted by Crippen LogP contribution is 2.34. The molecule has 0 fully saturated rings. The summed E-state index contributed by atoms with van der Waals surface area (Å²) >= 11 is 0. The number of anilines is 2. The summed E-state index contributed by atoms with van der Waals surface area (Å²) in [7, 11) is 4.78. The van der Waals surface area contributed by atoms with E-state index in [9.17, 15) is 0 Å². The molecule has 0 bridgehead atoms. The molecule has 0 saturated heterocycles. The lowest BCUT2D eigenvalue weighted by molar-refractivity contribution is 0.114. The van der Waals surface area contributed by atoms with E-state index in [1.165, 1.54) is 0 Å². The highest BCUT2D eigenvalue weighted by atomic mass is 16.6. The predicted octanol–water partition coefficient (Wildman–Crippen LogP) is 1.47. The zero-order chi connectivity index (χ0) is 17.1. The summed E-state index contributed by atoms with van der Waals surface area (Å²) in [6.07, 6.45) is 2.87. The van der Waals surface area contributed by atoms with Gasteiger partial charge in [-0.25, -0.2) is 4.98 Å². The molecule has 8 nitrogen and oxygen atoms in total. The van der Waals surface area contributed by atoms with Crippen molar-refractivity contribution < 1.29 is 14.3 Å². The Morgan fingerprint density at radius 2 is 1.88 bits per heavy atom. The fourth-order valence-electron chi connectivity index (χ4n) is 2.68. The van der Waals surface area contributed by atoms with Crippen LogP contribution in [0.2, 0.25) is 0 Å². The Morgan fingerprint density at radius 3 is 2.50 bits per heavy atom. The summed E-state index contributed by atoms with van der Waals surface area (Å²) < 4.78 is 10.6. The van der Waals surface area contributed by atoms with Crippen molar-refractivity contribution >= 4 is 22.7 Å². The van der Waals surface area contributed by atoms with Gasteiger partial charge in [-0.2, -0.15) is 4.98 Å². The Bertz CT molecular complexity index is 778. The molecule has 0 unspecified atom stereocenters. The average Bonchev–Trinajstić information content (AvgIpc) is 2.61. The van der Waals surface area contributed by atoms with Crippen molar-refractivity contribution in [3.63, 3.8) is 0 Å². The van der Waals surface area contributed by atoms with Crippen LogP contribution in [0.1, 0.15) is 6.42 Å². The first-order valence-electron chi connectivity index (χ1n) is 7.58. The Morgan fingerprint density at radius 1 is 1.12 bits per heavy atom. The molecule has 24 heavy (non-hydrogen) atoms. The lowest BCUT2D eigenvalue weighted by Gasteiger charge is -2.26. The fourth-order valence-corrected chi connectivity index (χ4v) is 2.68. The van der Waals surface area contributed by atoms with Gasteiger partial charge < -0.3 is 20.1 Å². The largest absolute Gasteiger partial charge is 0.493 e. The van der Waals surface area contributed by atoms with Gasteiger partial charge in [-0.3, -0.25) is 10.3 Å². The van der Waals surface area contributed by atoms with Crippen LogP contribution >= 0.6 is 0 Å². The molecular formula is C16H21N5O3. The molecule has 1 aliphatic rings. The minimum Gasteiger partial charge on any atom is -0.493 e. The molecule has 0 amide bonds. The first-order valence-corrected chi connectivity index (χ1v) is 7.58. The van der Waals surface area contributed by atoms with Gasteiger partial charge in [0, 0.05) is 36.7 Å². The molecule has 1 aliphatic heterocycles. The molecule has 1 aromatic heterocycles. The number of nitrogens with one attached hydrogen (secondary N) is 1. The summed E-state index contributed by atoms with van der Waals surface area (Å²) in [6.45, 7) is 1.46. The van der Waals surface area contributed by atoms with Crippen LogP contribution in [0.5, 0.6) is 11.5 Å². The molecule has 2 heterocycles. The summed E-state index contributed by atoms with van der Waals surface area (Å²) in [4.78, 5) is 16.1. The van der Waals surface area contributed by atoms with Crippen LogP contribution in [0.3, 0.4) is 0 Å². The average molecular weight is 331 g/mol. The molecule has 128 valence electrons. The summed E-state index contributed by atoms with van der Waals surface area (Å²) in [5.74, 6) is 2.23. The number of nitrogens with zero attached hydrogens (tertiary/aromatic N) is 3. The maximum absolute atomic E-state index is 6.13. The second kappa shape index (κ2) is 6.79. The van der Waals surface area contributed by atoms with E-state index in [0.29, 0.717) is 29.8 Å². The zero-order valence-corrected chi connectivity index (χ0v) is 14.0. The number of fused-ring (bicyclic) bond motifs is 1. The lowest BCUT2D eigenvalue weighted by atomic mass is 10.2. The number of nitrogen functional groups attached to an aromatic ring is 1. The van der Waals surface area contributed by atoms with Gasteiger partial charge in [0.05, 0.1) is 26.8 Å². The van der Waals surface area contributed by atoms with E-state index < -0.39 is 0 Å². The second-order valence-electron chi connectivity index (χ2n) is 5.36. The smallest absolute Gasteiger partial charge is 0.228 e. The number of rotatable bonds is 5. The number of aromatic nitrogens is 2. The van der Waals surface area contributed by atoms with E-state index in [0.717, 1.165) is 29.6 Å². The third-order valence-electron chi connectivity index (χ3n) is 3.94. The topological polar surface area (TPSA) is 94.8 Å². The summed E-state index contributed by atoms with van der Waals surface area (Å²) in [5.41, 5.74) is 10.8. The van der Waals surface area contributed by atoms with Gasteiger partial charge in [0.15, 0.2) is 11.5 Å². The molecule has 2 aromatic rings. The quantitative estimate of drug-likeness (QED) is 0.796. The SMILES string of the molecule is CONC1=CCN(c2nc(N)c3cc(OC)c(OC)cc3n2)CC1. The van der Waals surface area contributed by atoms with Gasteiger partial charge in [0.2, 0.25) is 5.95 Å². The standard InChI is InChI=1S/C16H21N5O3/c1-22-13-8-11-12(9-14(13)23-2)18-16(19-15(11)17)21-6-4-10(5-7-21)20-24-3/h4,8-9,20H,5-7H2,1-3H3,(H2,17,18,19). The molecule has 0 atom stereocenters. The molecule has 3 rings (SSSR count). The third kappa shape index (κ3) is 3.00. The number of ether oxygens (including phenoxy) is 2. The van der Waals surface area contributed by atoms with Crippen molar-refractivity contribution in [1.82, 2.24) is 15.4 Å². The van der Waals surface area contributed by atoms with Gasteiger partial charge in [-0.15, -0.1) is 0 Å². The van der Waals surface area contributed by atoms with Crippen LogP contribution in [0.25, 0.3) is 10.9 Å². The predicted molar refractivity (Wildman–Crippen MR) is 92.1 cm³/mol. The van der Waals surface area contributed by atoms with Gasteiger partial charge in [-0.1, -0.05) is 0 Å². The van der Waals surface area contributed by atoms with Crippen LogP contribution in [0.15, 0.2) is 23.9 Å². The zero-order valence-electron chi connectivity index (χ0n) is 14.0. The third-order valence-corrected chi connectivity index (χ3v) is 3.94. The molecule has 0 spiro atoms. The molecule has 1 aromatic carbocycles. The first-order chi connectivity index (χ1) is 11.7. The number of nitrogens with two attached hydrogens (primary N) is 1. The van der Waals surface area contributed by atoms with Gasteiger partial charge in [0.25, 0.3) is 0 Å². The fraction of sp³-hybridized carbons (Fsp3) is 0.375. The van der Waals surface area contributed by atoms with Crippen molar-refractivity contribution in [2.75, 3.05) is 45.1 Å². The minimum atomic E-state index is 0.417. The van der Waals surface area contributed by atoms with Crippen molar-refractivity contribution in [3.05, 3.63) is 23.9 Å². The monoisotopic (exact) mass is 331 g/mol. The number of hydrogen-bond acceptors (Lipinski definition) is 8. The van der Waals surface area contributed by atoms with E-state index in [1.54, 1.807) is 27.4 Å². The summed E-state index contributed by atoms with van der Waals surface area (Å²) in [6, 6.07) is 3.61. The maximum Gasteiger partial charge on any atom is 0.228 e. The molecule has 8 heteroatoms. The van der Waals surface area contributed by atoms with E-state index in [2.05, 4.69) is 20.3 Å². The van der Waals surface area contributed by atoms with Crippen LogP contribution in [-0.4, -0.2) is 44.4 Å². The van der Waals surface area contributed by atoms with E-state index in [4.69, 9.17) is 20.0 Å². The highest BCUT2D eigenvalue weighted by Gasteiger charge is 2.17. The van der Waals surface area contributed by atoms with E-state index >= 15 is 0 Å². The van der Waals surface area contributed by atoms with Gasteiger partial charge in [0.1, 0.15) is 5.82 Å². The molecule has 0 saturated carbocycles. The Balaban J connectivity index is 1.96. The van der Waals surface area contributed by atoms with Crippen molar-refractivity contribution in [3.8, 4) is 11.5 Å². The van der Waals surface area contributed by atoms with Crippen LogP contribution in [0.4, 0.5) is 11.8 Å². The van der Waals surface area contributed by atoms with Crippen molar-refractivity contribution in [1.29, 1.82) is 0 Å². The normalized spacial score (nSPS) is 14.5. The van der Waals surface area contributed by atoms with Crippen LogP contribution < -0.4 is 25.6 Å². The Kier molecular flexibility index (Phi) is 4.57. The number of methoxy groups -OCH3 is 2. The number of benzene rings is 1. The van der Waals surface area contributed by atoms with Crippen LogP contribution in [0, 0.1) is 0 Å². The van der Waals surface area contributed by atoms with E-state index in [1.807, 2.05) is 12.1 Å². The van der Waals surface area contributed by atoms with E-state index in [-0.39, 0.29) is 0 Å². The Labute approximate surface area is 140 Å². The van der Waals surface area contributed by atoms with Crippen molar-refractivity contribution in [2.24, 2.45) is 0 Å². The Hall–Kier alpha value is -2.74. The first kappa shape index (κ1) is 16.1. The molecule has 0 radical (unpaired) electrons. The van der Waals surface area contributed by atoms with Gasteiger partial charge in [-0.05, 0) is 12.1 Å². The number of hydroxylamine groups is 1. The maximum atomic E-state index is 6.13.